The number of aromatic nitrogens is 2. The maximum absolute atomic E-state index is 6.16. The second-order valence-electron chi connectivity index (χ2n) is 14.3. The molecule has 3 heterocycles. The molecule has 0 aliphatic heterocycles. The van der Waals surface area contributed by atoms with Crippen LogP contribution in [0.25, 0.3) is 87.9 Å². The monoisotopic (exact) mass is 763 g/mol. The van der Waals surface area contributed by atoms with Crippen molar-refractivity contribution in [3.63, 3.8) is 0 Å². The molecule has 0 bridgehead atoms. The molecule has 8 aromatic carbocycles. The van der Waals surface area contributed by atoms with Crippen molar-refractivity contribution in [2.45, 2.75) is 0 Å². The van der Waals surface area contributed by atoms with Gasteiger partial charge in [0.2, 0.25) is 11.8 Å². The highest BCUT2D eigenvalue weighted by molar-refractivity contribution is 7.22. The maximum Gasteiger partial charge on any atom is 0.227 e. The fourth-order valence-corrected chi connectivity index (χ4v) is 8.63. The number of rotatable bonds is 8. The van der Waals surface area contributed by atoms with Gasteiger partial charge < -0.3 is 13.7 Å². The first kappa shape index (κ1) is 33.8. The van der Waals surface area contributed by atoms with Gasteiger partial charge in [-0.25, -0.2) is 9.97 Å². The predicted molar refractivity (Wildman–Crippen MR) is 239 cm³/mol. The molecule has 6 heteroatoms. The van der Waals surface area contributed by atoms with E-state index in [2.05, 4.69) is 144 Å². The van der Waals surface area contributed by atoms with Crippen molar-refractivity contribution in [3.05, 3.63) is 200 Å². The summed E-state index contributed by atoms with van der Waals surface area (Å²) in [6.07, 6.45) is 0. The van der Waals surface area contributed by atoms with E-state index in [1.54, 1.807) is 0 Å². The Balaban J connectivity index is 0.894. The normalized spacial score (nSPS) is 11.4. The summed E-state index contributed by atoms with van der Waals surface area (Å²) < 4.78 is 13.5. The minimum absolute atomic E-state index is 0.609. The number of hydrogen-bond acceptors (Lipinski definition) is 6. The quantitative estimate of drug-likeness (QED) is 0.154. The average Bonchev–Trinajstić information content (AvgIpc) is 4.05. The Morgan fingerprint density at radius 2 is 0.845 bits per heavy atom. The lowest BCUT2D eigenvalue weighted by Crippen LogP contribution is -2.09. The fourth-order valence-electron chi connectivity index (χ4n) is 7.56. The molecule has 3 aromatic heterocycles. The van der Waals surface area contributed by atoms with Crippen LogP contribution >= 0.6 is 11.3 Å². The fraction of sp³-hybridized carbons (Fsp3) is 0. The second kappa shape index (κ2) is 14.2. The molecule has 58 heavy (non-hydrogen) atoms. The Labute approximate surface area is 338 Å². The van der Waals surface area contributed by atoms with Crippen molar-refractivity contribution in [2.75, 3.05) is 4.90 Å². The maximum atomic E-state index is 6.16. The minimum atomic E-state index is 0.609. The number of hydrogen-bond donors (Lipinski definition) is 0. The van der Waals surface area contributed by atoms with E-state index in [1.807, 2.05) is 72.0 Å². The average molecular weight is 764 g/mol. The van der Waals surface area contributed by atoms with E-state index in [0.717, 1.165) is 72.6 Å². The molecule has 0 unspecified atom stereocenters. The highest BCUT2D eigenvalue weighted by atomic mass is 32.1. The van der Waals surface area contributed by atoms with E-state index >= 15 is 0 Å². The summed E-state index contributed by atoms with van der Waals surface area (Å²) in [5.41, 5.74) is 14.0. The Morgan fingerprint density at radius 1 is 0.362 bits per heavy atom. The lowest BCUT2D eigenvalue weighted by molar-refractivity contribution is 0.619. The third kappa shape index (κ3) is 6.32. The zero-order valence-electron chi connectivity index (χ0n) is 31.1. The molecule has 274 valence electrons. The first-order valence-electron chi connectivity index (χ1n) is 19.2. The van der Waals surface area contributed by atoms with E-state index in [-0.39, 0.29) is 0 Å². The van der Waals surface area contributed by atoms with Crippen molar-refractivity contribution in [1.82, 2.24) is 9.97 Å². The van der Waals surface area contributed by atoms with E-state index in [0.29, 0.717) is 11.8 Å². The zero-order chi connectivity index (χ0) is 38.4. The van der Waals surface area contributed by atoms with Crippen molar-refractivity contribution in [2.24, 2.45) is 0 Å². The second-order valence-corrected chi connectivity index (χ2v) is 15.3. The molecular weight excluding hydrogens is 731 g/mol. The van der Waals surface area contributed by atoms with Crippen LogP contribution in [0.3, 0.4) is 0 Å². The van der Waals surface area contributed by atoms with Crippen LogP contribution in [0.2, 0.25) is 0 Å². The molecule has 0 amide bonds. The third-order valence-electron chi connectivity index (χ3n) is 10.6. The molecule has 0 atom stereocenters. The van der Waals surface area contributed by atoms with Gasteiger partial charge in [-0.05, 0) is 130 Å². The summed E-state index contributed by atoms with van der Waals surface area (Å²) in [5.74, 6) is 1.24. The van der Waals surface area contributed by atoms with Crippen LogP contribution in [-0.4, -0.2) is 9.97 Å². The summed E-state index contributed by atoms with van der Waals surface area (Å²) in [5, 5.41) is 1.27. The van der Waals surface area contributed by atoms with Crippen LogP contribution in [0, 0.1) is 0 Å². The predicted octanol–water partition coefficient (Wildman–Crippen LogP) is 15.0. The Morgan fingerprint density at radius 3 is 1.50 bits per heavy atom. The van der Waals surface area contributed by atoms with E-state index in [1.165, 1.54) is 20.5 Å². The van der Waals surface area contributed by atoms with Gasteiger partial charge in [0.25, 0.3) is 0 Å². The highest BCUT2D eigenvalue weighted by Gasteiger charge is 2.16. The molecule has 0 saturated heterocycles. The van der Waals surface area contributed by atoms with Crippen LogP contribution in [0.5, 0.6) is 0 Å². The highest BCUT2D eigenvalue weighted by Crippen LogP contribution is 2.40. The Bertz CT molecular complexity index is 3020. The summed E-state index contributed by atoms with van der Waals surface area (Å²) in [7, 11) is 0. The molecule has 5 nitrogen and oxygen atoms in total. The standard InChI is InChI=1S/C52H33N3O2S/c1-2-8-38(9-3-1)51-54-46-31-24-40(32-48(46)57-51)36-16-14-34(15-17-36)35-18-25-42(26-19-35)55(43-27-20-37(21-28-43)50-33-41-10-4-7-13-49(41)58-50)44-29-22-39(23-30-44)52-53-45-11-5-6-12-47(45)56-52/h1-33H. The molecule has 11 rings (SSSR count). The van der Waals surface area contributed by atoms with E-state index in [9.17, 15) is 0 Å². The third-order valence-corrected chi connectivity index (χ3v) is 11.8. The van der Waals surface area contributed by atoms with Crippen molar-refractivity contribution in [3.8, 4) is 55.6 Å². The number of fused-ring (bicyclic) bond motifs is 3. The molecular formula is C52H33N3O2S. The molecule has 0 fully saturated rings. The number of para-hydroxylation sites is 2. The summed E-state index contributed by atoms with van der Waals surface area (Å²) in [6, 6.07) is 69.7. The lowest BCUT2D eigenvalue weighted by atomic mass is 10.00. The largest absolute Gasteiger partial charge is 0.436 e. The van der Waals surface area contributed by atoms with Gasteiger partial charge in [0.05, 0.1) is 0 Å². The summed E-state index contributed by atoms with van der Waals surface area (Å²) >= 11 is 1.82. The van der Waals surface area contributed by atoms with Crippen molar-refractivity contribution < 1.29 is 8.83 Å². The molecule has 11 aromatic rings. The van der Waals surface area contributed by atoms with Crippen molar-refractivity contribution >= 4 is 60.7 Å². The van der Waals surface area contributed by atoms with Gasteiger partial charge in [0, 0.05) is 37.8 Å². The van der Waals surface area contributed by atoms with E-state index in [4.69, 9.17) is 18.8 Å². The van der Waals surface area contributed by atoms with Crippen LogP contribution in [-0.2, 0) is 0 Å². The van der Waals surface area contributed by atoms with Crippen LogP contribution < -0.4 is 4.90 Å². The molecule has 0 saturated carbocycles. The van der Waals surface area contributed by atoms with Gasteiger partial charge in [-0.15, -0.1) is 11.3 Å². The Kier molecular flexibility index (Phi) is 8.26. The number of thiophene rings is 1. The first-order chi connectivity index (χ1) is 28.7. The number of nitrogens with zero attached hydrogens (tertiary/aromatic N) is 3. The van der Waals surface area contributed by atoms with Gasteiger partial charge in [0.15, 0.2) is 11.2 Å². The minimum Gasteiger partial charge on any atom is -0.436 e. The summed E-state index contributed by atoms with van der Waals surface area (Å²) in [4.78, 5) is 13.0. The van der Waals surface area contributed by atoms with Crippen LogP contribution in [0.4, 0.5) is 17.1 Å². The number of oxazole rings is 2. The number of anilines is 3. The molecule has 0 spiro atoms. The first-order valence-corrected chi connectivity index (χ1v) is 20.0. The van der Waals surface area contributed by atoms with E-state index < -0.39 is 0 Å². The van der Waals surface area contributed by atoms with Gasteiger partial charge in [-0.3, -0.25) is 0 Å². The molecule has 0 radical (unpaired) electrons. The van der Waals surface area contributed by atoms with Gasteiger partial charge in [0.1, 0.15) is 11.0 Å². The van der Waals surface area contributed by atoms with Crippen molar-refractivity contribution in [1.29, 1.82) is 0 Å². The topological polar surface area (TPSA) is 55.3 Å². The zero-order valence-corrected chi connectivity index (χ0v) is 31.9. The molecule has 0 N–H and O–H groups in total. The smallest absolute Gasteiger partial charge is 0.227 e. The number of benzene rings is 8. The molecule has 0 aliphatic carbocycles. The Hall–Kier alpha value is -7.54. The SMILES string of the molecule is c1ccc(-c2nc3ccc(-c4ccc(-c5ccc(N(c6ccc(-c7nc8ccccc8o7)cc6)c6ccc(-c7cc8ccccc8s7)cc6)cc5)cc4)cc3o2)cc1. The van der Waals surface area contributed by atoms with Gasteiger partial charge >= 0.3 is 0 Å². The lowest BCUT2D eigenvalue weighted by Gasteiger charge is -2.26. The van der Waals surface area contributed by atoms with Crippen LogP contribution in [0.1, 0.15) is 0 Å². The van der Waals surface area contributed by atoms with Crippen LogP contribution in [0.15, 0.2) is 209 Å². The van der Waals surface area contributed by atoms with Gasteiger partial charge in [-0.2, -0.15) is 0 Å². The summed E-state index contributed by atoms with van der Waals surface area (Å²) in [6.45, 7) is 0. The van der Waals surface area contributed by atoms with Gasteiger partial charge in [-0.1, -0.05) is 103 Å². The molecule has 0 aliphatic rings.